The van der Waals surface area contributed by atoms with Gasteiger partial charge in [0.2, 0.25) is 0 Å². The third-order valence-corrected chi connectivity index (χ3v) is 6.68. The maximum atomic E-state index is 10.2. The van der Waals surface area contributed by atoms with Crippen LogP contribution < -0.4 is 4.74 Å². The predicted molar refractivity (Wildman–Crippen MR) is 83.6 cm³/mol. The zero-order chi connectivity index (χ0) is 14.6. The molecule has 0 spiro atoms. The van der Waals surface area contributed by atoms with E-state index in [-0.39, 0.29) is 6.10 Å². The molecule has 0 amide bonds. The number of hydrogen-bond donors (Lipinski definition) is 1. The lowest BCUT2D eigenvalue weighted by molar-refractivity contribution is 0.0596. The van der Waals surface area contributed by atoms with Crippen LogP contribution in [0.5, 0.6) is 5.75 Å². The second-order valence-corrected chi connectivity index (χ2v) is 7.77. The summed E-state index contributed by atoms with van der Waals surface area (Å²) >= 11 is 0. The van der Waals surface area contributed by atoms with Gasteiger partial charge >= 0.3 is 0 Å². The van der Waals surface area contributed by atoms with Crippen LogP contribution in [0.3, 0.4) is 0 Å². The maximum Gasteiger partial charge on any atom is 0.119 e. The summed E-state index contributed by atoms with van der Waals surface area (Å²) in [6.07, 6.45) is 7.04. The molecule has 1 aromatic rings. The van der Waals surface area contributed by atoms with E-state index in [1.54, 1.807) is 12.7 Å². The van der Waals surface area contributed by atoms with Crippen molar-refractivity contribution in [3.05, 3.63) is 29.3 Å². The van der Waals surface area contributed by atoms with Crippen LogP contribution in [0.2, 0.25) is 0 Å². The molecule has 0 radical (unpaired) electrons. The van der Waals surface area contributed by atoms with Gasteiger partial charge in [-0.15, -0.1) is 0 Å². The van der Waals surface area contributed by atoms with Gasteiger partial charge in [-0.3, -0.25) is 0 Å². The lowest BCUT2D eigenvalue weighted by Crippen LogP contribution is -2.39. The SMILES string of the molecule is COc1ccc2c(c1)CCC1C2CCC2(C)C[C@@H](O)CC12. The zero-order valence-electron chi connectivity index (χ0n) is 13.1. The van der Waals surface area contributed by atoms with E-state index in [1.807, 2.05) is 0 Å². The van der Waals surface area contributed by atoms with Crippen LogP contribution in [0.1, 0.15) is 56.1 Å². The fraction of sp³-hybridized carbons (Fsp3) is 0.684. The van der Waals surface area contributed by atoms with Crippen molar-refractivity contribution in [3.63, 3.8) is 0 Å². The van der Waals surface area contributed by atoms with Crippen LogP contribution in [0.25, 0.3) is 0 Å². The van der Waals surface area contributed by atoms with Crippen LogP contribution in [-0.2, 0) is 6.42 Å². The van der Waals surface area contributed by atoms with Crippen LogP contribution in [0, 0.1) is 17.3 Å². The first-order chi connectivity index (χ1) is 10.1. The normalized spacial score (nSPS) is 41.1. The Kier molecular flexibility index (Phi) is 3.08. The molecule has 1 aromatic carbocycles. The average molecular weight is 286 g/mol. The molecule has 2 saturated carbocycles. The van der Waals surface area contributed by atoms with Gasteiger partial charge in [-0.2, -0.15) is 0 Å². The van der Waals surface area contributed by atoms with Gasteiger partial charge in [0.15, 0.2) is 0 Å². The van der Waals surface area contributed by atoms with Crippen molar-refractivity contribution in [2.24, 2.45) is 17.3 Å². The Morgan fingerprint density at radius 3 is 2.95 bits per heavy atom. The molecule has 4 unspecified atom stereocenters. The Hall–Kier alpha value is -1.02. The van der Waals surface area contributed by atoms with Crippen LogP contribution in [0.15, 0.2) is 18.2 Å². The van der Waals surface area contributed by atoms with Crippen molar-refractivity contribution in [3.8, 4) is 5.75 Å². The molecular weight excluding hydrogens is 260 g/mol. The van der Waals surface area contributed by atoms with Gasteiger partial charge in [-0.05, 0) is 85.0 Å². The first-order valence-electron chi connectivity index (χ1n) is 8.45. The molecule has 1 N–H and O–H groups in total. The van der Waals surface area contributed by atoms with Crippen molar-refractivity contribution >= 4 is 0 Å². The van der Waals surface area contributed by atoms with Crippen molar-refractivity contribution in [2.75, 3.05) is 7.11 Å². The highest BCUT2D eigenvalue weighted by molar-refractivity contribution is 5.40. The van der Waals surface area contributed by atoms with Gasteiger partial charge in [0.1, 0.15) is 5.75 Å². The van der Waals surface area contributed by atoms with Crippen molar-refractivity contribution in [1.82, 2.24) is 0 Å². The second-order valence-electron chi connectivity index (χ2n) is 7.77. The number of rotatable bonds is 1. The zero-order valence-corrected chi connectivity index (χ0v) is 13.1. The molecule has 2 heteroatoms. The minimum atomic E-state index is -0.0592. The molecule has 0 bridgehead atoms. The highest BCUT2D eigenvalue weighted by atomic mass is 16.5. The van der Waals surface area contributed by atoms with Crippen molar-refractivity contribution in [1.29, 1.82) is 0 Å². The number of benzene rings is 1. The molecule has 0 aromatic heterocycles. The molecule has 2 nitrogen and oxygen atoms in total. The number of methoxy groups -OCH3 is 1. The minimum absolute atomic E-state index is 0.0592. The average Bonchev–Trinajstić information content (AvgIpc) is 2.80. The lowest BCUT2D eigenvalue weighted by atomic mass is 9.56. The van der Waals surface area contributed by atoms with Crippen LogP contribution in [-0.4, -0.2) is 18.3 Å². The Morgan fingerprint density at radius 2 is 2.14 bits per heavy atom. The number of hydrogen-bond acceptors (Lipinski definition) is 2. The minimum Gasteiger partial charge on any atom is -0.497 e. The molecule has 114 valence electrons. The Labute approximate surface area is 127 Å². The summed E-state index contributed by atoms with van der Waals surface area (Å²) in [6.45, 7) is 2.42. The number of aliphatic hydroxyl groups excluding tert-OH is 1. The topological polar surface area (TPSA) is 29.5 Å². The summed E-state index contributed by atoms with van der Waals surface area (Å²) in [5.74, 6) is 3.20. The lowest BCUT2D eigenvalue weighted by Gasteiger charge is -2.49. The van der Waals surface area contributed by atoms with E-state index < -0.39 is 0 Å². The van der Waals surface area contributed by atoms with E-state index in [1.165, 1.54) is 31.2 Å². The smallest absolute Gasteiger partial charge is 0.119 e. The molecule has 0 saturated heterocycles. The summed E-state index contributed by atoms with van der Waals surface area (Å²) in [5.41, 5.74) is 3.46. The molecule has 4 rings (SSSR count). The summed E-state index contributed by atoms with van der Waals surface area (Å²) in [6, 6.07) is 6.67. The molecule has 5 atom stereocenters. The van der Waals surface area contributed by atoms with Gasteiger partial charge in [-0.25, -0.2) is 0 Å². The van der Waals surface area contributed by atoms with Gasteiger partial charge in [0.25, 0.3) is 0 Å². The van der Waals surface area contributed by atoms with E-state index in [9.17, 15) is 5.11 Å². The standard InChI is InChI=1S/C19H26O2/c1-19-8-7-16-15-6-4-14(21-2)9-12(15)3-5-17(16)18(19)10-13(20)11-19/h4,6,9,13,16-18,20H,3,5,7-8,10-11H2,1-2H3/t13-,16?,17?,18?,19?/m0/s1. The van der Waals surface area contributed by atoms with E-state index in [4.69, 9.17) is 4.74 Å². The fourth-order valence-electron chi connectivity index (χ4n) is 5.71. The highest BCUT2D eigenvalue weighted by Gasteiger charge is 2.52. The van der Waals surface area contributed by atoms with Crippen molar-refractivity contribution in [2.45, 2.75) is 57.5 Å². The predicted octanol–water partition coefficient (Wildman–Crippen LogP) is 3.91. The Morgan fingerprint density at radius 1 is 1.29 bits per heavy atom. The molecular formula is C19H26O2. The van der Waals surface area contributed by atoms with Gasteiger partial charge in [0, 0.05) is 0 Å². The Balaban J connectivity index is 1.68. The summed E-state index contributed by atoms with van der Waals surface area (Å²) in [7, 11) is 1.75. The van der Waals surface area contributed by atoms with Gasteiger partial charge in [0.05, 0.1) is 13.2 Å². The number of aliphatic hydroxyl groups is 1. The molecule has 0 aliphatic heterocycles. The first kappa shape index (κ1) is 13.6. The Bertz CT molecular complexity index is 552. The highest BCUT2D eigenvalue weighted by Crippen LogP contribution is 2.60. The van der Waals surface area contributed by atoms with E-state index in [0.29, 0.717) is 11.3 Å². The van der Waals surface area contributed by atoms with Crippen molar-refractivity contribution < 1.29 is 9.84 Å². The number of ether oxygens (including phenoxy) is 1. The third-order valence-electron chi connectivity index (χ3n) is 6.68. The number of aryl methyl sites for hydroxylation is 1. The van der Waals surface area contributed by atoms with E-state index >= 15 is 0 Å². The largest absolute Gasteiger partial charge is 0.497 e. The van der Waals surface area contributed by atoms with Gasteiger partial charge in [-0.1, -0.05) is 13.0 Å². The fourth-order valence-corrected chi connectivity index (χ4v) is 5.71. The molecule has 0 heterocycles. The van der Waals surface area contributed by atoms with Crippen LogP contribution >= 0.6 is 0 Å². The summed E-state index contributed by atoms with van der Waals surface area (Å²) in [5, 5.41) is 10.2. The molecule has 3 aliphatic rings. The third kappa shape index (κ3) is 2.03. The van der Waals surface area contributed by atoms with E-state index in [2.05, 4.69) is 25.1 Å². The monoisotopic (exact) mass is 286 g/mol. The maximum absolute atomic E-state index is 10.2. The second kappa shape index (κ2) is 4.74. The van der Waals surface area contributed by atoms with Crippen LogP contribution in [0.4, 0.5) is 0 Å². The molecule has 3 aliphatic carbocycles. The quantitative estimate of drug-likeness (QED) is 0.848. The van der Waals surface area contributed by atoms with E-state index in [0.717, 1.165) is 30.4 Å². The first-order valence-corrected chi connectivity index (χ1v) is 8.45. The summed E-state index contributed by atoms with van der Waals surface area (Å²) in [4.78, 5) is 0. The summed E-state index contributed by atoms with van der Waals surface area (Å²) < 4.78 is 5.38. The number of fused-ring (bicyclic) bond motifs is 5. The van der Waals surface area contributed by atoms with Gasteiger partial charge < -0.3 is 9.84 Å². The molecule has 2 fully saturated rings. The molecule has 21 heavy (non-hydrogen) atoms.